The van der Waals surface area contributed by atoms with E-state index in [9.17, 15) is 9.59 Å². The first-order valence-electron chi connectivity index (χ1n) is 6.87. The topological polar surface area (TPSA) is 53.5 Å². The summed E-state index contributed by atoms with van der Waals surface area (Å²) < 4.78 is 0.947. The van der Waals surface area contributed by atoms with Crippen molar-refractivity contribution in [3.05, 3.63) is 50.9 Å². The Kier molecular flexibility index (Phi) is 4.54. The van der Waals surface area contributed by atoms with Crippen LogP contribution in [-0.2, 0) is 0 Å². The van der Waals surface area contributed by atoms with Gasteiger partial charge in [0.25, 0.3) is 11.8 Å². The Morgan fingerprint density at radius 1 is 1.00 bits per heavy atom. The Balaban J connectivity index is 1.60. The lowest BCUT2D eigenvalue weighted by molar-refractivity contribution is 0.0533. The summed E-state index contributed by atoms with van der Waals surface area (Å²) in [6.07, 6.45) is 0. The Morgan fingerprint density at radius 2 is 1.59 bits per heavy atom. The molecule has 0 radical (unpaired) electrons. The first kappa shape index (κ1) is 15.2. The summed E-state index contributed by atoms with van der Waals surface area (Å²) in [7, 11) is 0. The second-order valence-corrected chi connectivity index (χ2v) is 6.60. The SMILES string of the molecule is O=C(c1ccc(Br)cc1)N1CCN(C(=O)c2cscn2)CC1. The predicted molar refractivity (Wildman–Crippen MR) is 88.1 cm³/mol. The average molecular weight is 380 g/mol. The lowest BCUT2D eigenvalue weighted by Gasteiger charge is -2.34. The molecule has 0 atom stereocenters. The summed E-state index contributed by atoms with van der Waals surface area (Å²) in [6.45, 7) is 2.17. The molecule has 2 aromatic rings. The van der Waals surface area contributed by atoms with Crippen LogP contribution in [0.1, 0.15) is 20.8 Å². The smallest absolute Gasteiger partial charge is 0.273 e. The third-order valence-corrected chi connectivity index (χ3v) is 4.71. The van der Waals surface area contributed by atoms with Gasteiger partial charge in [-0.15, -0.1) is 11.3 Å². The Bertz CT molecular complexity index is 665. The van der Waals surface area contributed by atoms with Crippen molar-refractivity contribution in [2.24, 2.45) is 0 Å². The molecule has 0 aliphatic carbocycles. The van der Waals surface area contributed by atoms with Crippen molar-refractivity contribution in [2.75, 3.05) is 26.2 Å². The van der Waals surface area contributed by atoms with Gasteiger partial charge in [-0.2, -0.15) is 0 Å². The monoisotopic (exact) mass is 379 g/mol. The van der Waals surface area contributed by atoms with Crippen LogP contribution in [0.4, 0.5) is 0 Å². The molecule has 22 heavy (non-hydrogen) atoms. The van der Waals surface area contributed by atoms with Gasteiger partial charge in [-0.1, -0.05) is 15.9 Å². The van der Waals surface area contributed by atoms with Crippen LogP contribution >= 0.6 is 27.3 Å². The van der Waals surface area contributed by atoms with Crippen LogP contribution in [0.2, 0.25) is 0 Å². The molecule has 2 amide bonds. The number of nitrogens with zero attached hydrogens (tertiary/aromatic N) is 3. The quantitative estimate of drug-likeness (QED) is 0.805. The number of hydrogen-bond acceptors (Lipinski definition) is 4. The molecule has 0 spiro atoms. The molecular formula is C15H14BrN3O2S. The van der Waals surface area contributed by atoms with Crippen molar-refractivity contribution in [3.8, 4) is 0 Å². The number of piperazine rings is 1. The van der Waals surface area contributed by atoms with Gasteiger partial charge in [-0.3, -0.25) is 9.59 Å². The summed E-state index contributed by atoms with van der Waals surface area (Å²) in [4.78, 5) is 32.2. The Labute approximate surface area is 140 Å². The summed E-state index contributed by atoms with van der Waals surface area (Å²) in [6, 6.07) is 7.32. The van der Waals surface area contributed by atoms with Crippen LogP contribution < -0.4 is 0 Å². The van der Waals surface area contributed by atoms with Crippen molar-refractivity contribution >= 4 is 39.1 Å². The molecule has 0 saturated carbocycles. The van der Waals surface area contributed by atoms with E-state index >= 15 is 0 Å². The van der Waals surface area contributed by atoms with E-state index < -0.39 is 0 Å². The van der Waals surface area contributed by atoms with Crippen molar-refractivity contribution in [2.45, 2.75) is 0 Å². The highest BCUT2D eigenvalue weighted by Crippen LogP contribution is 2.14. The number of benzene rings is 1. The fraction of sp³-hybridized carbons (Fsp3) is 0.267. The molecule has 1 aliphatic heterocycles. The van der Waals surface area contributed by atoms with Gasteiger partial charge in [-0.05, 0) is 24.3 Å². The van der Waals surface area contributed by atoms with E-state index in [4.69, 9.17) is 0 Å². The molecular weight excluding hydrogens is 366 g/mol. The average Bonchev–Trinajstić information content (AvgIpc) is 3.09. The largest absolute Gasteiger partial charge is 0.335 e. The fourth-order valence-corrected chi connectivity index (χ4v) is 3.16. The van der Waals surface area contributed by atoms with Gasteiger partial charge in [-0.25, -0.2) is 4.98 Å². The first-order valence-corrected chi connectivity index (χ1v) is 8.61. The van der Waals surface area contributed by atoms with Crippen molar-refractivity contribution in [1.29, 1.82) is 0 Å². The number of aromatic nitrogens is 1. The molecule has 1 saturated heterocycles. The maximum atomic E-state index is 12.4. The third kappa shape index (κ3) is 3.20. The molecule has 114 valence electrons. The highest BCUT2D eigenvalue weighted by Gasteiger charge is 2.26. The van der Waals surface area contributed by atoms with Gasteiger partial charge < -0.3 is 9.80 Å². The van der Waals surface area contributed by atoms with Gasteiger partial charge in [0.1, 0.15) is 5.69 Å². The van der Waals surface area contributed by atoms with E-state index in [1.807, 2.05) is 12.1 Å². The van der Waals surface area contributed by atoms with Crippen LogP contribution in [0.5, 0.6) is 0 Å². The summed E-state index contributed by atoms with van der Waals surface area (Å²) in [5, 5.41) is 1.75. The van der Waals surface area contributed by atoms with Crippen molar-refractivity contribution < 1.29 is 9.59 Å². The van der Waals surface area contributed by atoms with Crippen LogP contribution in [0.15, 0.2) is 39.6 Å². The number of carbonyl (C=O) groups is 2. The van der Waals surface area contributed by atoms with Crippen molar-refractivity contribution in [1.82, 2.24) is 14.8 Å². The normalized spacial score (nSPS) is 15.0. The highest BCUT2D eigenvalue weighted by molar-refractivity contribution is 9.10. The van der Waals surface area contributed by atoms with E-state index in [-0.39, 0.29) is 11.8 Å². The van der Waals surface area contributed by atoms with Crippen LogP contribution in [0.25, 0.3) is 0 Å². The number of rotatable bonds is 2. The van der Waals surface area contributed by atoms with Crippen LogP contribution in [0.3, 0.4) is 0 Å². The van der Waals surface area contributed by atoms with Gasteiger partial charge >= 0.3 is 0 Å². The molecule has 0 unspecified atom stereocenters. The number of thiazole rings is 1. The molecule has 0 bridgehead atoms. The van der Waals surface area contributed by atoms with Crippen molar-refractivity contribution in [3.63, 3.8) is 0 Å². The van der Waals surface area contributed by atoms with E-state index in [1.165, 1.54) is 11.3 Å². The van der Waals surface area contributed by atoms with E-state index in [0.29, 0.717) is 37.4 Å². The van der Waals surface area contributed by atoms with E-state index in [1.54, 1.807) is 32.8 Å². The molecule has 1 aliphatic rings. The van der Waals surface area contributed by atoms with Crippen LogP contribution in [0, 0.1) is 0 Å². The fourth-order valence-electron chi connectivity index (χ4n) is 2.37. The third-order valence-electron chi connectivity index (χ3n) is 3.60. The number of amides is 2. The molecule has 5 nitrogen and oxygen atoms in total. The van der Waals surface area contributed by atoms with E-state index in [2.05, 4.69) is 20.9 Å². The first-order chi connectivity index (χ1) is 10.6. The molecule has 2 heterocycles. The lowest BCUT2D eigenvalue weighted by Crippen LogP contribution is -2.50. The zero-order chi connectivity index (χ0) is 15.5. The molecule has 1 aromatic carbocycles. The van der Waals surface area contributed by atoms with Gasteiger partial charge in [0.15, 0.2) is 0 Å². The standard InChI is InChI=1S/C15H14BrN3O2S/c16-12-3-1-11(2-4-12)14(20)18-5-7-19(8-6-18)15(21)13-9-22-10-17-13/h1-4,9-10H,5-8H2. The molecule has 1 fully saturated rings. The van der Waals surface area contributed by atoms with Crippen LogP contribution in [-0.4, -0.2) is 52.8 Å². The molecule has 1 aromatic heterocycles. The Hall–Kier alpha value is -1.73. The number of hydrogen-bond donors (Lipinski definition) is 0. The summed E-state index contributed by atoms with van der Waals surface area (Å²) in [5.74, 6) is -0.0507. The summed E-state index contributed by atoms with van der Waals surface area (Å²) in [5.41, 5.74) is 2.81. The summed E-state index contributed by atoms with van der Waals surface area (Å²) >= 11 is 4.77. The number of carbonyl (C=O) groups excluding carboxylic acids is 2. The van der Waals surface area contributed by atoms with Gasteiger partial charge in [0, 0.05) is 41.6 Å². The number of halogens is 1. The molecule has 3 rings (SSSR count). The zero-order valence-electron chi connectivity index (χ0n) is 11.7. The minimum Gasteiger partial charge on any atom is -0.335 e. The lowest BCUT2D eigenvalue weighted by atomic mass is 10.2. The molecule has 7 heteroatoms. The van der Waals surface area contributed by atoms with Gasteiger partial charge in [0.05, 0.1) is 5.51 Å². The maximum Gasteiger partial charge on any atom is 0.273 e. The second kappa shape index (κ2) is 6.58. The molecule has 0 N–H and O–H groups in total. The zero-order valence-corrected chi connectivity index (χ0v) is 14.1. The minimum atomic E-state index is -0.0583. The van der Waals surface area contributed by atoms with Gasteiger partial charge in [0.2, 0.25) is 0 Å². The highest BCUT2D eigenvalue weighted by atomic mass is 79.9. The maximum absolute atomic E-state index is 12.4. The minimum absolute atomic E-state index is 0.00765. The second-order valence-electron chi connectivity index (χ2n) is 4.96. The predicted octanol–water partition coefficient (Wildman–Crippen LogP) is 2.50. The van der Waals surface area contributed by atoms with E-state index in [0.717, 1.165) is 4.47 Å². The Morgan fingerprint density at radius 3 is 2.14 bits per heavy atom.